The second-order valence-corrected chi connectivity index (χ2v) is 27.1. The van der Waals surface area contributed by atoms with Crippen molar-refractivity contribution >= 4 is 91.7 Å². The average Bonchev–Trinajstić information content (AvgIpc) is 3.08. The monoisotopic (exact) mass is 1250 g/mol. The maximum Gasteiger partial charge on any atom is 0.294 e. The molecular formula is C66H63N5O12S4-2. The number of benzene rings is 8. The van der Waals surface area contributed by atoms with E-state index < -0.39 is 56.2 Å². The van der Waals surface area contributed by atoms with Gasteiger partial charge in [0.15, 0.2) is 0 Å². The second-order valence-electron chi connectivity index (χ2n) is 21.5. The Hall–Kier alpha value is -8.38. The summed E-state index contributed by atoms with van der Waals surface area (Å²) >= 11 is 0. The molecule has 1 aliphatic rings. The fraction of sp³-hybridized carbons (Fsp3) is 0.182. The first kappa shape index (κ1) is 63.1. The van der Waals surface area contributed by atoms with Gasteiger partial charge in [-0.15, -0.1) is 0 Å². The van der Waals surface area contributed by atoms with Crippen LogP contribution in [-0.2, 0) is 40.5 Å². The zero-order valence-electron chi connectivity index (χ0n) is 47.5. The van der Waals surface area contributed by atoms with Gasteiger partial charge in [-0.2, -0.15) is 16.8 Å². The number of anilines is 5. The molecule has 0 spiro atoms. The van der Waals surface area contributed by atoms with Crippen molar-refractivity contribution < 1.29 is 51.9 Å². The number of rotatable bonds is 24. The van der Waals surface area contributed by atoms with Gasteiger partial charge < -0.3 is 25.1 Å². The van der Waals surface area contributed by atoms with E-state index in [4.69, 9.17) is 9.98 Å². The molecule has 0 radical (unpaired) electrons. The molecule has 9 rings (SSSR count). The van der Waals surface area contributed by atoms with Crippen molar-refractivity contribution in [2.75, 3.05) is 23.0 Å². The van der Waals surface area contributed by atoms with Gasteiger partial charge >= 0.3 is 0 Å². The minimum Gasteiger partial charge on any atom is -0.744 e. The van der Waals surface area contributed by atoms with E-state index in [1.54, 1.807) is 48.5 Å². The molecule has 17 nitrogen and oxygen atoms in total. The summed E-state index contributed by atoms with van der Waals surface area (Å²) < 4.78 is 140. The van der Waals surface area contributed by atoms with Crippen molar-refractivity contribution in [1.82, 2.24) is 0 Å². The number of hydrogen-bond acceptors (Lipinski definition) is 15. The van der Waals surface area contributed by atoms with Crippen molar-refractivity contribution in [1.29, 1.82) is 0 Å². The first-order valence-electron chi connectivity index (χ1n) is 27.7. The van der Waals surface area contributed by atoms with E-state index in [1.165, 1.54) is 48.5 Å². The summed E-state index contributed by atoms with van der Waals surface area (Å²) in [6.07, 6.45) is 9.20. The van der Waals surface area contributed by atoms with E-state index in [2.05, 4.69) is 22.9 Å². The molecule has 8 aromatic rings. The SMILES string of the molecule is CNc1ccc(Nc2ccc(Nc3ccc(N=C4C=CC(=Nc5ccc(C(C)CC(CC(CC(CC(C)c6ccc(S(=O)(=O)O)cc6)c6ccc(S(=O)(=O)O)cc6)c6ccc(S(=O)(=O)[O-])cc6)c6ccc(S(=O)(=O)[O-])cc6)cc5)C=C4)cc3)cc2)cc1. The van der Waals surface area contributed by atoms with Crippen molar-refractivity contribution in [3.05, 3.63) is 246 Å². The summed E-state index contributed by atoms with van der Waals surface area (Å²) in [5.74, 6) is -1.53. The number of nitrogens with zero attached hydrogens (tertiary/aromatic N) is 2. The smallest absolute Gasteiger partial charge is 0.294 e. The van der Waals surface area contributed by atoms with Crippen LogP contribution < -0.4 is 16.0 Å². The summed E-state index contributed by atoms with van der Waals surface area (Å²) in [4.78, 5) is 8.22. The van der Waals surface area contributed by atoms with Crippen LogP contribution in [0, 0.1) is 0 Å². The van der Waals surface area contributed by atoms with E-state index in [9.17, 15) is 51.9 Å². The highest BCUT2D eigenvalue weighted by molar-refractivity contribution is 7.86. The minimum atomic E-state index is -4.83. The molecule has 0 saturated heterocycles. The van der Waals surface area contributed by atoms with Gasteiger partial charge in [0, 0.05) is 35.5 Å². The van der Waals surface area contributed by atoms with E-state index >= 15 is 0 Å². The Morgan fingerprint density at radius 3 is 0.908 bits per heavy atom. The average molecular weight is 1250 g/mol. The largest absolute Gasteiger partial charge is 0.744 e. The molecule has 5 N–H and O–H groups in total. The van der Waals surface area contributed by atoms with Gasteiger partial charge in [-0.3, -0.25) is 9.11 Å². The second kappa shape index (κ2) is 27.1. The van der Waals surface area contributed by atoms with Crippen LogP contribution in [0.1, 0.15) is 96.9 Å². The van der Waals surface area contributed by atoms with Crippen LogP contribution in [0.15, 0.2) is 248 Å². The summed E-state index contributed by atoms with van der Waals surface area (Å²) in [5.41, 5.74) is 11.6. The van der Waals surface area contributed by atoms with Gasteiger partial charge in [-0.1, -0.05) is 74.5 Å². The number of nitrogens with one attached hydrogen (secondary N) is 3. The normalized spacial score (nSPS) is 14.6. The quantitative estimate of drug-likeness (QED) is 0.0278. The third kappa shape index (κ3) is 17.4. The van der Waals surface area contributed by atoms with Crippen molar-refractivity contribution in [2.24, 2.45) is 9.98 Å². The predicted molar refractivity (Wildman–Crippen MR) is 339 cm³/mol. The lowest BCUT2D eigenvalue weighted by atomic mass is 9.74. The highest BCUT2D eigenvalue weighted by Gasteiger charge is 2.28. The van der Waals surface area contributed by atoms with E-state index in [-0.39, 0.29) is 33.5 Å². The highest BCUT2D eigenvalue weighted by Crippen LogP contribution is 2.45. The lowest BCUT2D eigenvalue weighted by molar-refractivity contribution is 0.413. The third-order valence-electron chi connectivity index (χ3n) is 15.4. The Kier molecular flexibility index (Phi) is 19.7. The molecule has 0 heterocycles. The summed E-state index contributed by atoms with van der Waals surface area (Å²) in [5, 5.41) is 9.97. The van der Waals surface area contributed by atoms with E-state index in [1.807, 2.05) is 135 Å². The van der Waals surface area contributed by atoms with Crippen LogP contribution in [0.25, 0.3) is 0 Å². The minimum absolute atomic E-state index is 0.122. The Morgan fingerprint density at radius 2 is 0.609 bits per heavy atom. The molecule has 0 aliphatic heterocycles. The maximum atomic E-state index is 12.2. The molecule has 21 heteroatoms. The summed E-state index contributed by atoms with van der Waals surface area (Å²) in [6, 6.07) is 54.7. The van der Waals surface area contributed by atoms with Crippen LogP contribution in [0.4, 0.5) is 39.8 Å². The Bertz CT molecular complexity index is 4280. The molecule has 1 aliphatic carbocycles. The lowest BCUT2D eigenvalue weighted by Crippen LogP contribution is -2.15. The van der Waals surface area contributed by atoms with Gasteiger partial charge in [0.25, 0.3) is 20.2 Å². The number of aliphatic imine (C=N–C) groups is 2. The molecule has 8 aromatic carbocycles. The fourth-order valence-electron chi connectivity index (χ4n) is 10.7. The van der Waals surface area contributed by atoms with Crippen molar-refractivity contribution in [2.45, 2.75) is 88.7 Å². The van der Waals surface area contributed by atoms with Crippen LogP contribution in [0.5, 0.6) is 0 Å². The predicted octanol–water partition coefficient (Wildman–Crippen LogP) is 14.3. The molecule has 5 unspecified atom stereocenters. The molecule has 0 fully saturated rings. The van der Waals surface area contributed by atoms with Crippen LogP contribution in [0.2, 0.25) is 0 Å². The topological polar surface area (TPSA) is 284 Å². The molecule has 450 valence electrons. The van der Waals surface area contributed by atoms with Gasteiger partial charge in [0.2, 0.25) is 0 Å². The van der Waals surface area contributed by atoms with Crippen molar-refractivity contribution in [3.63, 3.8) is 0 Å². The van der Waals surface area contributed by atoms with Crippen LogP contribution in [0.3, 0.4) is 0 Å². The van der Waals surface area contributed by atoms with Crippen molar-refractivity contribution in [3.8, 4) is 0 Å². The van der Waals surface area contributed by atoms with Gasteiger partial charge in [0.05, 0.1) is 42.4 Å². The van der Waals surface area contributed by atoms with E-state index in [0.29, 0.717) is 48.1 Å². The third-order valence-corrected chi connectivity index (χ3v) is 18.9. The molecular weight excluding hydrogens is 1180 g/mol. The van der Waals surface area contributed by atoms with E-state index in [0.717, 1.165) is 56.7 Å². The first-order valence-corrected chi connectivity index (χ1v) is 33.4. The van der Waals surface area contributed by atoms with Crippen LogP contribution in [-0.4, -0.2) is 70.4 Å². The Balaban J connectivity index is 0.923. The standard InChI is InChI=1S/C66H65N5O12S4/c1-44(46-4-14-55(15-5-46)68-57-20-22-59(23-21-57)70-61-28-30-62(31-29-61)71-60-26-24-58(25-27-60)69-56-18-16-54(67-3)17-19-56)40-51(48-8-34-64(35-9-48)85(75,76)77)42-53(50-12-38-66(39-13-50)87(81,82)83)43-52(49-10-36-65(37-11-49)86(78,79)80)41-45(2)47-6-32-63(33-7-47)84(72,73)74/h4-39,44-45,51-53,67,69,71H,40-43H2,1-3H3,(H,72,73,74)(H,75,76,77)(H,78,79,80)(H,81,82,83)/p-2. The fourth-order valence-corrected chi connectivity index (χ4v) is 12.6. The molecule has 87 heavy (non-hydrogen) atoms. The van der Waals surface area contributed by atoms with Gasteiger partial charge in [0.1, 0.15) is 20.2 Å². The summed E-state index contributed by atoms with van der Waals surface area (Å²) in [7, 11) is -16.8. The zero-order chi connectivity index (χ0) is 62.1. The Morgan fingerprint density at radius 1 is 0.356 bits per heavy atom. The first-order chi connectivity index (χ1) is 41.3. The molecule has 5 atom stereocenters. The zero-order valence-corrected chi connectivity index (χ0v) is 50.8. The molecule has 0 amide bonds. The maximum absolute atomic E-state index is 12.2. The molecule has 0 saturated carbocycles. The van der Waals surface area contributed by atoms with Crippen LogP contribution >= 0.6 is 0 Å². The highest BCUT2D eigenvalue weighted by atomic mass is 32.2. The number of hydrogen-bond donors (Lipinski definition) is 5. The van der Waals surface area contributed by atoms with Gasteiger partial charge in [-0.25, -0.2) is 26.8 Å². The molecule has 0 bridgehead atoms. The summed E-state index contributed by atoms with van der Waals surface area (Å²) in [6.45, 7) is 3.99. The Labute approximate surface area is 508 Å². The lowest BCUT2D eigenvalue weighted by Gasteiger charge is -2.31. The number of allylic oxidation sites excluding steroid dienone is 4. The van der Waals surface area contributed by atoms with Gasteiger partial charge in [-0.05, 0) is 241 Å². The molecule has 0 aromatic heterocycles.